The molecule has 0 aromatic rings. The van der Waals surface area contributed by atoms with Gasteiger partial charge in [-0.15, -0.1) is 0 Å². The summed E-state index contributed by atoms with van der Waals surface area (Å²) in [6.45, 7) is 5.11. The van der Waals surface area contributed by atoms with Crippen molar-refractivity contribution in [3.05, 3.63) is 0 Å². The van der Waals surface area contributed by atoms with Crippen molar-refractivity contribution in [3.8, 4) is 6.07 Å². The van der Waals surface area contributed by atoms with E-state index in [2.05, 4.69) is 19.9 Å². The van der Waals surface area contributed by atoms with Crippen molar-refractivity contribution in [1.82, 2.24) is 0 Å². The molecule has 116 valence electrons. The number of nitrogens with zero attached hydrogens (tertiary/aromatic N) is 1. The van der Waals surface area contributed by atoms with Crippen LogP contribution in [0.4, 0.5) is 0 Å². The lowest BCUT2D eigenvalue weighted by atomic mass is 9.45. The van der Waals surface area contributed by atoms with Crippen LogP contribution in [0.15, 0.2) is 0 Å². The number of rotatable bonds is 0. The molecule has 4 rings (SSSR count). The highest BCUT2D eigenvalue weighted by molar-refractivity contribution is 5.12. The second kappa shape index (κ2) is 4.74. The van der Waals surface area contributed by atoms with Gasteiger partial charge in [-0.1, -0.05) is 26.7 Å². The topological polar surface area (TPSA) is 23.8 Å². The third kappa shape index (κ3) is 1.80. The largest absolute Gasteiger partial charge is 0.198 e. The van der Waals surface area contributed by atoms with Crippen LogP contribution >= 0.6 is 0 Å². The summed E-state index contributed by atoms with van der Waals surface area (Å²) in [6.07, 6.45) is 14.2. The first-order chi connectivity index (χ1) is 10.1. The van der Waals surface area contributed by atoms with Gasteiger partial charge in [-0.25, -0.2) is 0 Å². The lowest BCUT2D eigenvalue weighted by molar-refractivity contribution is -0.107. The minimum absolute atomic E-state index is 0.348. The molecule has 4 aliphatic rings. The third-order valence-corrected chi connectivity index (χ3v) is 8.74. The van der Waals surface area contributed by atoms with Gasteiger partial charge in [0.1, 0.15) is 0 Å². The Morgan fingerprint density at radius 3 is 2.43 bits per heavy atom. The van der Waals surface area contributed by atoms with Gasteiger partial charge in [0.15, 0.2) is 0 Å². The summed E-state index contributed by atoms with van der Waals surface area (Å²) in [5.41, 5.74) is 1.00. The zero-order chi connectivity index (χ0) is 14.7. The van der Waals surface area contributed by atoms with Crippen molar-refractivity contribution in [2.24, 2.45) is 40.4 Å². The summed E-state index contributed by atoms with van der Waals surface area (Å²) < 4.78 is 0. The second-order valence-corrected chi connectivity index (χ2v) is 9.21. The van der Waals surface area contributed by atoms with E-state index < -0.39 is 0 Å². The quantitative estimate of drug-likeness (QED) is 0.571. The van der Waals surface area contributed by atoms with Gasteiger partial charge >= 0.3 is 0 Å². The van der Waals surface area contributed by atoms with Crippen LogP contribution in [-0.4, -0.2) is 0 Å². The fourth-order valence-electron chi connectivity index (χ4n) is 7.51. The van der Waals surface area contributed by atoms with Crippen LogP contribution in [0.25, 0.3) is 0 Å². The molecule has 0 aromatic carbocycles. The van der Waals surface area contributed by atoms with Crippen molar-refractivity contribution >= 4 is 0 Å². The molecule has 0 N–H and O–H groups in total. The molecule has 4 aliphatic carbocycles. The summed E-state index contributed by atoms with van der Waals surface area (Å²) in [7, 11) is 0. The summed E-state index contributed by atoms with van der Waals surface area (Å²) in [5.74, 6) is 4.15. The first-order valence-corrected chi connectivity index (χ1v) is 9.49. The maximum Gasteiger partial charge on any atom is 0.0661 e. The minimum atomic E-state index is 0.348. The first kappa shape index (κ1) is 14.1. The first-order valence-electron chi connectivity index (χ1n) is 9.49. The summed E-state index contributed by atoms with van der Waals surface area (Å²) in [6, 6.07) is 2.66. The van der Waals surface area contributed by atoms with Crippen LogP contribution in [0.1, 0.15) is 78.1 Å². The van der Waals surface area contributed by atoms with Crippen molar-refractivity contribution < 1.29 is 0 Å². The van der Waals surface area contributed by atoms with Crippen LogP contribution < -0.4 is 0 Å². The van der Waals surface area contributed by atoms with E-state index in [1.165, 1.54) is 64.2 Å². The lowest BCUT2D eigenvalue weighted by Gasteiger charge is -2.60. The average molecular weight is 285 g/mol. The second-order valence-electron chi connectivity index (χ2n) is 9.21. The molecule has 0 saturated heterocycles. The van der Waals surface area contributed by atoms with Crippen molar-refractivity contribution in [2.45, 2.75) is 78.1 Å². The van der Waals surface area contributed by atoms with Crippen LogP contribution in [-0.2, 0) is 0 Å². The Balaban J connectivity index is 1.64. The fourth-order valence-corrected chi connectivity index (χ4v) is 7.51. The molecule has 4 fully saturated rings. The molecule has 0 aliphatic heterocycles. The van der Waals surface area contributed by atoms with Gasteiger partial charge in [0.05, 0.1) is 12.0 Å². The van der Waals surface area contributed by atoms with Crippen molar-refractivity contribution in [3.63, 3.8) is 0 Å². The molecule has 21 heavy (non-hydrogen) atoms. The molecular formula is C20H31N. The summed E-state index contributed by atoms with van der Waals surface area (Å²) in [5, 5.41) is 9.55. The fraction of sp³-hybridized carbons (Fsp3) is 0.950. The lowest BCUT2D eigenvalue weighted by Crippen LogP contribution is -2.52. The predicted octanol–water partition coefficient (Wildman–Crippen LogP) is 5.56. The van der Waals surface area contributed by atoms with E-state index in [0.717, 1.165) is 23.7 Å². The highest BCUT2D eigenvalue weighted by atomic mass is 14.6. The van der Waals surface area contributed by atoms with Crippen LogP contribution in [0.5, 0.6) is 0 Å². The van der Waals surface area contributed by atoms with E-state index in [4.69, 9.17) is 0 Å². The maximum atomic E-state index is 9.55. The van der Waals surface area contributed by atoms with Gasteiger partial charge in [-0.2, -0.15) is 5.26 Å². The zero-order valence-corrected chi connectivity index (χ0v) is 13.9. The normalized spacial score (nSPS) is 56.0. The Labute approximate surface area is 130 Å². The number of nitriles is 1. The Bertz CT molecular complexity index is 463. The van der Waals surface area contributed by atoms with Gasteiger partial charge in [-0.3, -0.25) is 0 Å². The zero-order valence-electron chi connectivity index (χ0n) is 13.9. The van der Waals surface area contributed by atoms with Gasteiger partial charge in [0.2, 0.25) is 0 Å². The van der Waals surface area contributed by atoms with E-state index in [1.807, 2.05) is 0 Å². The van der Waals surface area contributed by atoms with E-state index in [9.17, 15) is 5.26 Å². The van der Waals surface area contributed by atoms with E-state index in [0.29, 0.717) is 16.7 Å². The highest BCUT2D eigenvalue weighted by Gasteiger charge is 2.59. The van der Waals surface area contributed by atoms with E-state index in [-0.39, 0.29) is 0 Å². The molecule has 0 heterocycles. The van der Waals surface area contributed by atoms with Crippen LogP contribution in [0, 0.1) is 51.8 Å². The van der Waals surface area contributed by atoms with Gasteiger partial charge in [0, 0.05) is 0 Å². The molecule has 1 heteroatoms. The van der Waals surface area contributed by atoms with E-state index >= 15 is 0 Å². The smallest absolute Gasteiger partial charge is 0.0661 e. The molecule has 4 saturated carbocycles. The molecule has 7 atom stereocenters. The Hall–Kier alpha value is -0.510. The van der Waals surface area contributed by atoms with Gasteiger partial charge < -0.3 is 0 Å². The molecule has 0 bridgehead atoms. The van der Waals surface area contributed by atoms with E-state index in [1.54, 1.807) is 0 Å². The summed E-state index contributed by atoms with van der Waals surface area (Å²) in [4.78, 5) is 0. The number of hydrogen-bond acceptors (Lipinski definition) is 1. The van der Waals surface area contributed by atoms with Gasteiger partial charge in [-0.05, 0) is 85.9 Å². The van der Waals surface area contributed by atoms with Crippen molar-refractivity contribution in [2.75, 3.05) is 0 Å². The standard InChI is InChI=1S/C20H31N/c1-19-11-4-3-5-14(19)6-8-16-17-9-7-15(13-21)20(17,2)12-10-18(16)19/h14-18H,3-12H2,1-2H3/t14-,15+,16+,17-,18+,19+,20+/m1/s1. The highest BCUT2D eigenvalue weighted by Crippen LogP contribution is 2.67. The van der Waals surface area contributed by atoms with Gasteiger partial charge in [0.25, 0.3) is 0 Å². The molecule has 1 nitrogen and oxygen atoms in total. The molecular weight excluding hydrogens is 254 g/mol. The molecule has 0 spiro atoms. The Kier molecular flexibility index (Phi) is 3.18. The van der Waals surface area contributed by atoms with Crippen molar-refractivity contribution in [1.29, 1.82) is 5.26 Å². The monoisotopic (exact) mass is 285 g/mol. The molecule has 0 amide bonds. The predicted molar refractivity (Wildman–Crippen MR) is 85.4 cm³/mol. The Morgan fingerprint density at radius 1 is 0.810 bits per heavy atom. The third-order valence-electron chi connectivity index (χ3n) is 8.74. The number of hydrogen-bond donors (Lipinski definition) is 0. The Morgan fingerprint density at radius 2 is 1.62 bits per heavy atom. The van der Waals surface area contributed by atoms with Crippen LogP contribution in [0.2, 0.25) is 0 Å². The molecule has 0 aromatic heterocycles. The average Bonchev–Trinajstić information content (AvgIpc) is 2.83. The minimum Gasteiger partial charge on any atom is -0.198 e. The molecule has 0 unspecified atom stereocenters. The number of fused-ring (bicyclic) bond motifs is 5. The summed E-state index contributed by atoms with van der Waals surface area (Å²) >= 11 is 0. The maximum absolute atomic E-state index is 9.55. The molecule has 0 radical (unpaired) electrons. The SMILES string of the molecule is C[C@@]12CC[C@H]3[C@@H](CC[C@H]4CCCC[C@@]43C)[C@H]1CC[C@H]2C#N. The van der Waals surface area contributed by atoms with Crippen LogP contribution in [0.3, 0.4) is 0 Å².